The molecule has 7 heteroatoms. The number of likely N-dealkylation sites (N-methyl/N-ethyl adjacent to an activating group) is 2. The van der Waals surface area contributed by atoms with E-state index in [9.17, 15) is 4.79 Å². The maximum Gasteiger partial charge on any atom is 0.221 e. The molecule has 1 N–H and O–H groups in total. The molecule has 0 unspecified atom stereocenters. The number of para-hydroxylation sites is 1. The average Bonchev–Trinajstić information content (AvgIpc) is 3.30. The minimum atomic E-state index is 0.0756. The molecule has 1 saturated heterocycles. The minimum absolute atomic E-state index is 0.0756. The Bertz CT molecular complexity index is 687. The first-order valence-electron chi connectivity index (χ1n) is 8.72. The molecule has 1 atom stereocenters. The molecule has 1 aliphatic rings. The summed E-state index contributed by atoms with van der Waals surface area (Å²) in [6, 6.07) is 8.45. The molecule has 1 amide bonds. The highest BCUT2D eigenvalue weighted by Crippen LogP contribution is 2.14. The third kappa shape index (κ3) is 4.64. The lowest BCUT2D eigenvalue weighted by atomic mass is 10.1. The molecule has 134 valence electrons. The Morgan fingerprint density at radius 3 is 2.96 bits per heavy atom. The van der Waals surface area contributed by atoms with Gasteiger partial charge in [0.15, 0.2) is 0 Å². The monoisotopic (exact) mass is 342 g/mol. The highest BCUT2D eigenvalue weighted by atomic mass is 16.1. The van der Waals surface area contributed by atoms with Crippen LogP contribution in [0.25, 0.3) is 5.69 Å². The van der Waals surface area contributed by atoms with Crippen LogP contribution in [0.4, 0.5) is 0 Å². The lowest BCUT2D eigenvalue weighted by Gasteiger charge is -2.23. The van der Waals surface area contributed by atoms with Gasteiger partial charge in [0.2, 0.25) is 5.91 Å². The van der Waals surface area contributed by atoms with E-state index in [0.717, 1.165) is 30.9 Å². The number of carbonyl (C=O) groups is 1. The number of rotatable bonds is 7. The summed E-state index contributed by atoms with van der Waals surface area (Å²) in [6.07, 6.45) is 4.86. The topological polar surface area (TPSA) is 66.3 Å². The van der Waals surface area contributed by atoms with Crippen molar-refractivity contribution in [3.05, 3.63) is 42.5 Å². The van der Waals surface area contributed by atoms with Crippen LogP contribution >= 0.6 is 0 Å². The average molecular weight is 342 g/mol. The smallest absolute Gasteiger partial charge is 0.221 e. The Kier molecular flexibility index (Phi) is 5.78. The van der Waals surface area contributed by atoms with Gasteiger partial charge in [0.05, 0.1) is 5.69 Å². The second kappa shape index (κ2) is 8.22. The van der Waals surface area contributed by atoms with Crippen molar-refractivity contribution in [1.29, 1.82) is 0 Å². The van der Waals surface area contributed by atoms with Crippen molar-refractivity contribution in [3.63, 3.8) is 0 Å². The van der Waals surface area contributed by atoms with Gasteiger partial charge in [-0.3, -0.25) is 4.79 Å². The van der Waals surface area contributed by atoms with Gasteiger partial charge >= 0.3 is 0 Å². The molecule has 3 rings (SSSR count). The molecular weight excluding hydrogens is 316 g/mol. The Morgan fingerprint density at radius 1 is 1.40 bits per heavy atom. The number of amides is 1. The summed E-state index contributed by atoms with van der Waals surface area (Å²) < 4.78 is 1.71. The predicted molar refractivity (Wildman–Crippen MR) is 96.4 cm³/mol. The summed E-state index contributed by atoms with van der Waals surface area (Å²) in [5.74, 6) is 0.0756. The van der Waals surface area contributed by atoms with Crippen LogP contribution in [0.1, 0.15) is 18.4 Å². The second-order valence-electron chi connectivity index (χ2n) is 6.68. The standard InChI is InChI=1S/C18H26N6O/c1-22-9-7-16(12-22)23(2)10-8-18(25)20-11-15-5-3-4-6-17(15)24-14-19-13-21-24/h3-6,13-14,16H,7-12H2,1-2H3,(H,20,25)/t16-/m0/s1. The predicted octanol–water partition coefficient (Wildman–Crippen LogP) is 0.910. The molecule has 0 spiro atoms. The summed E-state index contributed by atoms with van der Waals surface area (Å²) in [6.45, 7) is 3.50. The molecule has 0 saturated carbocycles. The molecule has 1 aromatic carbocycles. The SMILES string of the molecule is CN1CC[C@H](N(C)CCC(=O)NCc2ccccc2-n2cncn2)C1. The van der Waals surface area contributed by atoms with Crippen molar-refractivity contribution >= 4 is 5.91 Å². The largest absolute Gasteiger partial charge is 0.352 e. The maximum absolute atomic E-state index is 12.2. The first-order chi connectivity index (χ1) is 12.1. The molecule has 2 aromatic rings. The van der Waals surface area contributed by atoms with E-state index < -0.39 is 0 Å². The van der Waals surface area contributed by atoms with Crippen molar-refractivity contribution in [1.82, 2.24) is 29.9 Å². The second-order valence-corrected chi connectivity index (χ2v) is 6.68. The van der Waals surface area contributed by atoms with Crippen LogP contribution in [-0.4, -0.2) is 70.2 Å². The summed E-state index contributed by atoms with van der Waals surface area (Å²) in [4.78, 5) is 20.8. The Hall–Kier alpha value is -2.25. The number of hydrogen-bond acceptors (Lipinski definition) is 5. The third-order valence-electron chi connectivity index (χ3n) is 4.81. The molecule has 1 aromatic heterocycles. The zero-order valence-electron chi connectivity index (χ0n) is 14.9. The van der Waals surface area contributed by atoms with E-state index in [-0.39, 0.29) is 5.91 Å². The van der Waals surface area contributed by atoms with E-state index in [2.05, 4.69) is 39.3 Å². The molecule has 2 heterocycles. The zero-order chi connectivity index (χ0) is 17.6. The lowest BCUT2D eigenvalue weighted by Crippen LogP contribution is -2.36. The normalized spacial score (nSPS) is 18.0. The highest BCUT2D eigenvalue weighted by Gasteiger charge is 2.23. The van der Waals surface area contributed by atoms with Gasteiger partial charge in [-0.05, 0) is 38.7 Å². The van der Waals surface area contributed by atoms with Crippen LogP contribution in [-0.2, 0) is 11.3 Å². The van der Waals surface area contributed by atoms with E-state index in [4.69, 9.17) is 0 Å². The van der Waals surface area contributed by atoms with Gasteiger partial charge in [-0.25, -0.2) is 9.67 Å². The van der Waals surface area contributed by atoms with Gasteiger partial charge in [-0.1, -0.05) is 18.2 Å². The molecule has 1 fully saturated rings. The Morgan fingerprint density at radius 2 is 2.24 bits per heavy atom. The third-order valence-corrected chi connectivity index (χ3v) is 4.81. The van der Waals surface area contributed by atoms with Crippen molar-refractivity contribution in [2.45, 2.75) is 25.4 Å². The number of aromatic nitrogens is 3. The molecule has 7 nitrogen and oxygen atoms in total. The number of carbonyl (C=O) groups excluding carboxylic acids is 1. The van der Waals surface area contributed by atoms with Crippen LogP contribution in [0, 0.1) is 0 Å². The van der Waals surface area contributed by atoms with Crippen LogP contribution in [0.5, 0.6) is 0 Å². The van der Waals surface area contributed by atoms with Gasteiger partial charge in [0, 0.05) is 32.1 Å². The Labute approximate surface area is 148 Å². The van der Waals surface area contributed by atoms with Gasteiger partial charge in [0.1, 0.15) is 12.7 Å². The van der Waals surface area contributed by atoms with E-state index in [1.807, 2.05) is 24.3 Å². The van der Waals surface area contributed by atoms with Crippen LogP contribution in [0.15, 0.2) is 36.9 Å². The fourth-order valence-corrected chi connectivity index (χ4v) is 3.23. The van der Waals surface area contributed by atoms with Gasteiger partial charge in [0.25, 0.3) is 0 Å². The van der Waals surface area contributed by atoms with Gasteiger partial charge in [-0.15, -0.1) is 0 Å². The van der Waals surface area contributed by atoms with Crippen LogP contribution in [0.2, 0.25) is 0 Å². The van der Waals surface area contributed by atoms with Crippen molar-refractivity contribution in [2.24, 2.45) is 0 Å². The van der Waals surface area contributed by atoms with Gasteiger partial charge in [-0.2, -0.15) is 5.10 Å². The van der Waals surface area contributed by atoms with E-state index in [1.54, 1.807) is 11.0 Å². The number of likely N-dealkylation sites (tertiary alicyclic amines) is 1. The van der Waals surface area contributed by atoms with Crippen LogP contribution < -0.4 is 5.32 Å². The minimum Gasteiger partial charge on any atom is -0.352 e. The van der Waals surface area contributed by atoms with E-state index in [0.29, 0.717) is 19.0 Å². The molecule has 0 aliphatic carbocycles. The summed E-state index contributed by atoms with van der Waals surface area (Å²) >= 11 is 0. The molecular formula is C18H26N6O. The number of benzene rings is 1. The number of hydrogen-bond donors (Lipinski definition) is 1. The first kappa shape index (κ1) is 17.6. The number of nitrogens with zero attached hydrogens (tertiary/aromatic N) is 5. The van der Waals surface area contributed by atoms with E-state index >= 15 is 0 Å². The summed E-state index contributed by atoms with van der Waals surface area (Å²) in [5.41, 5.74) is 1.96. The van der Waals surface area contributed by atoms with Gasteiger partial charge < -0.3 is 15.1 Å². The lowest BCUT2D eigenvalue weighted by molar-refractivity contribution is -0.121. The summed E-state index contributed by atoms with van der Waals surface area (Å²) in [7, 11) is 4.25. The van der Waals surface area contributed by atoms with Crippen LogP contribution in [0.3, 0.4) is 0 Å². The summed E-state index contributed by atoms with van der Waals surface area (Å²) in [5, 5.41) is 7.18. The van der Waals surface area contributed by atoms with Crippen molar-refractivity contribution < 1.29 is 4.79 Å². The first-order valence-corrected chi connectivity index (χ1v) is 8.72. The fraction of sp³-hybridized carbons (Fsp3) is 0.500. The quantitative estimate of drug-likeness (QED) is 0.810. The molecule has 25 heavy (non-hydrogen) atoms. The maximum atomic E-state index is 12.2. The molecule has 1 aliphatic heterocycles. The molecule has 0 radical (unpaired) electrons. The van der Waals surface area contributed by atoms with Crippen molar-refractivity contribution in [2.75, 3.05) is 33.7 Å². The highest BCUT2D eigenvalue weighted by molar-refractivity contribution is 5.76. The Balaban J connectivity index is 1.48. The zero-order valence-corrected chi connectivity index (χ0v) is 14.9. The van der Waals surface area contributed by atoms with Crippen molar-refractivity contribution in [3.8, 4) is 5.69 Å². The fourth-order valence-electron chi connectivity index (χ4n) is 3.23. The molecule has 0 bridgehead atoms. The van der Waals surface area contributed by atoms with E-state index in [1.165, 1.54) is 12.7 Å². The number of nitrogens with one attached hydrogen (secondary N) is 1.